The van der Waals surface area contributed by atoms with E-state index in [1.165, 1.54) is 28.1 Å². The highest BCUT2D eigenvalue weighted by atomic mass is 19.1. The van der Waals surface area contributed by atoms with Gasteiger partial charge < -0.3 is 5.43 Å². The van der Waals surface area contributed by atoms with Gasteiger partial charge in [-0.15, -0.1) is 5.53 Å². The number of anilines is 1. The first kappa shape index (κ1) is 16.2. The lowest BCUT2D eigenvalue weighted by Crippen LogP contribution is -2.50. The molecule has 2 aliphatic rings. The number of hydrazine groups is 2. The summed E-state index contributed by atoms with van der Waals surface area (Å²) in [6, 6.07) is 10.6. The van der Waals surface area contributed by atoms with E-state index in [0.29, 0.717) is 28.8 Å². The van der Waals surface area contributed by atoms with Gasteiger partial charge >= 0.3 is 0 Å². The maximum atomic E-state index is 13.2. The van der Waals surface area contributed by atoms with Crippen molar-refractivity contribution >= 4 is 23.4 Å². The third-order valence-electron chi connectivity index (χ3n) is 4.42. The standard InChI is InChI=1S/C18H15FN4O3/c19-11-6-7-14-15(10-11)20-21-23(18(14)26)9-3-8-22-16(24)12-4-1-2-5-13(12)17(22)25/h1-2,4-7,10,20-21H,3,8-9H2. The first-order chi connectivity index (χ1) is 12.6. The Morgan fingerprint density at radius 1 is 0.846 bits per heavy atom. The summed E-state index contributed by atoms with van der Waals surface area (Å²) in [7, 11) is 0. The molecule has 8 heteroatoms. The quantitative estimate of drug-likeness (QED) is 0.819. The molecule has 0 atom stereocenters. The maximum Gasteiger partial charge on any atom is 0.271 e. The molecule has 3 amide bonds. The minimum Gasteiger partial charge on any atom is -0.303 e. The fraction of sp³-hybridized carbons (Fsp3) is 0.167. The second-order valence-electron chi connectivity index (χ2n) is 6.04. The van der Waals surface area contributed by atoms with Crippen LogP contribution in [0.5, 0.6) is 0 Å². The monoisotopic (exact) mass is 354 g/mol. The molecule has 0 fully saturated rings. The summed E-state index contributed by atoms with van der Waals surface area (Å²) < 4.78 is 13.2. The van der Waals surface area contributed by atoms with Crippen molar-refractivity contribution in [1.82, 2.24) is 15.4 Å². The lowest BCUT2D eigenvalue weighted by Gasteiger charge is -2.30. The molecule has 2 aromatic carbocycles. The smallest absolute Gasteiger partial charge is 0.271 e. The largest absolute Gasteiger partial charge is 0.303 e. The predicted molar refractivity (Wildman–Crippen MR) is 90.6 cm³/mol. The van der Waals surface area contributed by atoms with E-state index in [-0.39, 0.29) is 30.8 Å². The molecule has 0 aliphatic carbocycles. The Bertz CT molecular complexity index is 895. The molecule has 0 saturated carbocycles. The Morgan fingerprint density at radius 2 is 1.54 bits per heavy atom. The van der Waals surface area contributed by atoms with Gasteiger partial charge in [0, 0.05) is 13.1 Å². The lowest BCUT2D eigenvalue weighted by atomic mass is 10.1. The number of nitrogens with zero attached hydrogens (tertiary/aromatic N) is 2. The molecular formula is C18H15FN4O3. The molecule has 26 heavy (non-hydrogen) atoms. The fourth-order valence-corrected chi connectivity index (χ4v) is 3.12. The van der Waals surface area contributed by atoms with Crippen LogP contribution in [0.25, 0.3) is 0 Å². The molecule has 0 spiro atoms. The van der Waals surface area contributed by atoms with E-state index in [4.69, 9.17) is 0 Å². The average molecular weight is 354 g/mol. The van der Waals surface area contributed by atoms with Crippen molar-refractivity contribution in [2.24, 2.45) is 0 Å². The number of nitrogens with one attached hydrogen (secondary N) is 2. The maximum absolute atomic E-state index is 13.2. The van der Waals surface area contributed by atoms with Crippen LogP contribution in [0, 0.1) is 5.82 Å². The molecule has 2 aliphatic heterocycles. The topological polar surface area (TPSA) is 81.8 Å². The van der Waals surface area contributed by atoms with E-state index in [0.717, 1.165) is 0 Å². The van der Waals surface area contributed by atoms with Gasteiger partial charge in [-0.2, -0.15) is 0 Å². The zero-order chi connectivity index (χ0) is 18.3. The Hall–Kier alpha value is -3.26. The number of amides is 3. The Labute approximate surface area is 148 Å². The summed E-state index contributed by atoms with van der Waals surface area (Å²) in [6.07, 6.45) is 0.405. The molecule has 2 heterocycles. The number of carbonyl (C=O) groups is 3. The Balaban J connectivity index is 1.39. The van der Waals surface area contributed by atoms with Crippen LogP contribution in [0.2, 0.25) is 0 Å². The number of fused-ring (bicyclic) bond motifs is 2. The first-order valence-corrected chi connectivity index (χ1v) is 8.14. The van der Waals surface area contributed by atoms with Crippen molar-refractivity contribution in [3.8, 4) is 0 Å². The normalized spacial score (nSPS) is 15.8. The number of halogens is 1. The first-order valence-electron chi connectivity index (χ1n) is 8.14. The van der Waals surface area contributed by atoms with Crippen LogP contribution in [-0.4, -0.2) is 40.7 Å². The van der Waals surface area contributed by atoms with Gasteiger partial charge in [0.1, 0.15) is 5.82 Å². The molecule has 0 saturated heterocycles. The van der Waals surface area contributed by atoms with Crippen molar-refractivity contribution in [3.63, 3.8) is 0 Å². The Morgan fingerprint density at radius 3 is 2.23 bits per heavy atom. The van der Waals surface area contributed by atoms with E-state index < -0.39 is 5.82 Å². The van der Waals surface area contributed by atoms with Crippen molar-refractivity contribution in [3.05, 3.63) is 65.0 Å². The van der Waals surface area contributed by atoms with Gasteiger partial charge in [0.2, 0.25) is 0 Å². The number of hydrogen-bond donors (Lipinski definition) is 2. The highest BCUT2D eigenvalue weighted by Gasteiger charge is 2.34. The third kappa shape index (κ3) is 2.60. The van der Waals surface area contributed by atoms with Crippen LogP contribution < -0.4 is 11.0 Å². The van der Waals surface area contributed by atoms with Crippen molar-refractivity contribution in [2.75, 3.05) is 18.5 Å². The highest BCUT2D eigenvalue weighted by Crippen LogP contribution is 2.23. The summed E-state index contributed by atoms with van der Waals surface area (Å²) in [6.45, 7) is 0.476. The second kappa shape index (κ2) is 6.23. The van der Waals surface area contributed by atoms with E-state index in [9.17, 15) is 18.8 Å². The van der Waals surface area contributed by atoms with Gasteiger partial charge in [-0.05, 0) is 36.8 Å². The molecule has 0 radical (unpaired) electrons. The van der Waals surface area contributed by atoms with Crippen LogP contribution in [0.3, 0.4) is 0 Å². The molecule has 7 nitrogen and oxygen atoms in total. The zero-order valence-electron chi connectivity index (χ0n) is 13.7. The average Bonchev–Trinajstić information content (AvgIpc) is 2.88. The van der Waals surface area contributed by atoms with Crippen LogP contribution in [0.15, 0.2) is 42.5 Å². The van der Waals surface area contributed by atoms with E-state index in [2.05, 4.69) is 11.0 Å². The van der Waals surface area contributed by atoms with Crippen LogP contribution in [0.1, 0.15) is 37.5 Å². The van der Waals surface area contributed by atoms with Gasteiger partial charge in [0.05, 0.1) is 22.4 Å². The minimum absolute atomic E-state index is 0.202. The highest BCUT2D eigenvalue weighted by molar-refractivity contribution is 6.21. The lowest BCUT2D eigenvalue weighted by molar-refractivity contribution is 0.0615. The number of carbonyl (C=O) groups excluding carboxylic acids is 3. The Kier molecular flexibility index (Phi) is 3.89. The van der Waals surface area contributed by atoms with Crippen molar-refractivity contribution in [1.29, 1.82) is 0 Å². The predicted octanol–water partition coefficient (Wildman–Crippen LogP) is 1.80. The van der Waals surface area contributed by atoms with Crippen molar-refractivity contribution in [2.45, 2.75) is 6.42 Å². The van der Waals surface area contributed by atoms with Gasteiger partial charge in [0.25, 0.3) is 17.7 Å². The van der Waals surface area contributed by atoms with Crippen LogP contribution >= 0.6 is 0 Å². The van der Waals surface area contributed by atoms with Crippen LogP contribution in [0.4, 0.5) is 10.1 Å². The van der Waals surface area contributed by atoms with Crippen LogP contribution in [-0.2, 0) is 0 Å². The molecule has 2 aromatic rings. The van der Waals surface area contributed by atoms with Gasteiger partial charge in [-0.25, -0.2) is 4.39 Å². The molecule has 0 unspecified atom stereocenters. The molecule has 4 rings (SSSR count). The van der Waals surface area contributed by atoms with E-state index in [1.54, 1.807) is 24.3 Å². The van der Waals surface area contributed by atoms with Crippen molar-refractivity contribution < 1.29 is 18.8 Å². The summed E-state index contributed by atoms with van der Waals surface area (Å²) >= 11 is 0. The second-order valence-corrected chi connectivity index (χ2v) is 6.04. The molecule has 132 valence electrons. The van der Waals surface area contributed by atoms with E-state index in [1.807, 2.05) is 0 Å². The molecular weight excluding hydrogens is 339 g/mol. The van der Waals surface area contributed by atoms with E-state index >= 15 is 0 Å². The molecule has 0 aromatic heterocycles. The minimum atomic E-state index is -0.440. The molecule has 0 bridgehead atoms. The fourth-order valence-electron chi connectivity index (χ4n) is 3.12. The number of benzene rings is 2. The molecule has 2 N–H and O–H groups in total. The van der Waals surface area contributed by atoms with Gasteiger partial charge in [-0.3, -0.25) is 24.3 Å². The van der Waals surface area contributed by atoms with Gasteiger partial charge in [-0.1, -0.05) is 12.1 Å². The number of hydrogen-bond acceptors (Lipinski definition) is 5. The summed E-state index contributed by atoms with van der Waals surface area (Å²) in [5.41, 5.74) is 6.99. The summed E-state index contributed by atoms with van der Waals surface area (Å²) in [5.74, 6) is -1.38. The summed E-state index contributed by atoms with van der Waals surface area (Å²) in [4.78, 5) is 38.2. The zero-order valence-corrected chi connectivity index (χ0v) is 13.7. The third-order valence-corrected chi connectivity index (χ3v) is 4.42. The number of imide groups is 1. The SMILES string of the molecule is O=C1c2ccc(F)cc2NNN1CCCN1C(=O)c2ccccc2C1=O. The number of rotatable bonds is 4. The van der Waals surface area contributed by atoms with Gasteiger partial charge in [0.15, 0.2) is 0 Å². The summed E-state index contributed by atoms with van der Waals surface area (Å²) in [5, 5.41) is 1.33.